The molecule has 0 aliphatic heterocycles. The second-order valence-electron chi connectivity index (χ2n) is 6.97. The average Bonchev–Trinajstić information content (AvgIpc) is 3.21. The van der Waals surface area contributed by atoms with Crippen molar-refractivity contribution in [2.24, 2.45) is 0 Å². The summed E-state index contributed by atoms with van der Waals surface area (Å²) in [6.07, 6.45) is 0. The first-order chi connectivity index (χ1) is 14.2. The van der Waals surface area contributed by atoms with Crippen LogP contribution in [0.3, 0.4) is 0 Å². The van der Waals surface area contributed by atoms with E-state index in [4.69, 9.17) is 18.6 Å². The molecular formula is C23H24O7. The molecule has 0 radical (unpaired) electrons. The van der Waals surface area contributed by atoms with Crippen molar-refractivity contribution >= 4 is 5.97 Å². The Kier molecular flexibility index (Phi) is 5.75. The SMILES string of the molecule is COc1cc(C(O)(C(=O)O)c2ccc(-c3cc(C)cc(C)c3)o2)cc(OC)c1OC. The molecule has 1 unspecified atom stereocenters. The predicted octanol–water partition coefficient (Wildman–Crippen LogP) is 3.91. The summed E-state index contributed by atoms with van der Waals surface area (Å²) >= 11 is 0. The summed E-state index contributed by atoms with van der Waals surface area (Å²) in [7, 11) is 4.25. The van der Waals surface area contributed by atoms with Gasteiger partial charge in [-0.25, -0.2) is 4.79 Å². The van der Waals surface area contributed by atoms with Crippen LogP contribution in [0.1, 0.15) is 22.5 Å². The number of carboxylic acids is 1. The van der Waals surface area contributed by atoms with Gasteiger partial charge in [-0.05, 0) is 50.2 Å². The Morgan fingerprint density at radius 2 is 1.47 bits per heavy atom. The Hall–Kier alpha value is -3.45. The molecular weight excluding hydrogens is 388 g/mol. The fourth-order valence-corrected chi connectivity index (χ4v) is 3.47. The van der Waals surface area contributed by atoms with Gasteiger partial charge in [-0.3, -0.25) is 0 Å². The van der Waals surface area contributed by atoms with E-state index in [0.29, 0.717) is 5.76 Å². The summed E-state index contributed by atoms with van der Waals surface area (Å²) in [5.74, 6) is -0.479. The number of ether oxygens (including phenoxy) is 3. The summed E-state index contributed by atoms with van der Waals surface area (Å²) in [6, 6.07) is 11.7. The van der Waals surface area contributed by atoms with E-state index >= 15 is 0 Å². The maximum absolute atomic E-state index is 12.2. The number of furan rings is 1. The number of aliphatic hydroxyl groups is 1. The standard InChI is InChI=1S/C23H24O7/c1-13-8-14(2)10-15(9-13)17-6-7-20(30-17)23(26,22(24)25)16-11-18(27-3)21(29-5)19(12-16)28-4/h6-12,26H,1-5H3,(H,24,25). The largest absolute Gasteiger partial charge is 0.493 e. The molecule has 0 aliphatic carbocycles. The molecule has 2 N–H and O–H groups in total. The highest BCUT2D eigenvalue weighted by Gasteiger charge is 2.44. The summed E-state index contributed by atoms with van der Waals surface area (Å²) in [6.45, 7) is 3.92. The minimum Gasteiger partial charge on any atom is -0.493 e. The third-order valence-electron chi connectivity index (χ3n) is 4.86. The first-order valence-corrected chi connectivity index (χ1v) is 9.19. The van der Waals surface area contributed by atoms with E-state index in [9.17, 15) is 15.0 Å². The molecule has 7 nitrogen and oxygen atoms in total. The molecule has 3 rings (SSSR count). The van der Waals surface area contributed by atoms with Crippen molar-refractivity contribution in [3.05, 3.63) is 64.9 Å². The van der Waals surface area contributed by atoms with Crippen LogP contribution in [0.4, 0.5) is 0 Å². The molecule has 0 aliphatic rings. The minimum atomic E-state index is -2.47. The third kappa shape index (κ3) is 3.59. The number of aryl methyl sites for hydroxylation is 2. The number of carboxylic acid groups (broad SMARTS) is 1. The highest BCUT2D eigenvalue weighted by molar-refractivity contribution is 5.84. The number of carbonyl (C=O) groups is 1. The lowest BCUT2D eigenvalue weighted by Gasteiger charge is -2.24. The van der Waals surface area contributed by atoms with Gasteiger partial charge in [-0.2, -0.15) is 0 Å². The number of benzene rings is 2. The Labute approximate surface area is 174 Å². The molecule has 0 fully saturated rings. The maximum Gasteiger partial charge on any atom is 0.348 e. The zero-order chi connectivity index (χ0) is 22.1. The summed E-state index contributed by atoms with van der Waals surface area (Å²) < 4.78 is 21.7. The topological polar surface area (TPSA) is 98.4 Å². The van der Waals surface area contributed by atoms with Crippen LogP contribution >= 0.6 is 0 Å². The van der Waals surface area contributed by atoms with E-state index in [1.54, 1.807) is 6.07 Å². The third-order valence-corrected chi connectivity index (χ3v) is 4.86. The van der Waals surface area contributed by atoms with E-state index in [0.717, 1.165) is 16.7 Å². The summed E-state index contributed by atoms with van der Waals surface area (Å²) in [5.41, 5.74) is 0.411. The Morgan fingerprint density at radius 3 is 1.93 bits per heavy atom. The zero-order valence-electron chi connectivity index (χ0n) is 17.5. The normalized spacial score (nSPS) is 12.9. The smallest absolute Gasteiger partial charge is 0.348 e. The van der Waals surface area contributed by atoms with Gasteiger partial charge in [0.05, 0.1) is 21.3 Å². The fourth-order valence-electron chi connectivity index (χ4n) is 3.47. The number of methoxy groups -OCH3 is 3. The second-order valence-corrected chi connectivity index (χ2v) is 6.97. The molecule has 3 aromatic rings. The summed E-state index contributed by atoms with van der Waals surface area (Å²) in [4.78, 5) is 12.2. The first kappa shape index (κ1) is 21.3. The molecule has 0 amide bonds. The van der Waals surface area contributed by atoms with Gasteiger partial charge in [0, 0.05) is 11.1 Å². The van der Waals surface area contributed by atoms with Crippen molar-refractivity contribution in [2.75, 3.05) is 21.3 Å². The van der Waals surface area contributed by atoms with Gasteiger partial charge < -0.3 is 28.8 Å². The lowest BCUT2D eigenvalue weighted by molar-refractivity contribution is -0.156. The predicted molar refractivity (Wildman–Crippen MR) is 110 cm³/mol. The number of rotatable bonds is 7. The number of hydrogen-bond donors (Lipinski definition) is 2. The average molecular weight is 412 g/mol. The number of hydrogen-bond acceptors (Lipinski definition) is 6. The van der Waals surface area contributed by atoms with Crippen molar-refractivity contribution in [3.8, 4) is 28.6 Å². The van der Waals surface area contributed by atoms with E-state index in [2.05, 4.69) is 0 Å². The van der Waals surface area contributed by atoms with E-state index in [-0.39, 0.29) is 28.6 Å². The quantitative estimate of drug-likeness (QED) is 0.607. The molecule has 30 heavy (non-hydrogen) atoms. The van der Waals surface area contributed by atoms with Crippen LogP contribution in [0, 0.1) is 13.8 Å². The van der Waals surface area contributed by atoms with Crippen molar-refractivity contribution in [2.45, 2.75) is 19.4 Å². The zero-order valence-corrected chi connectivity index (χ0v) is 17.5. The van der Waals surface area contributed by atoms with Crippen LogP contribution in [0.25, 0.3) is 11.3 Å². The van der Waals surface area contributed by atoms with E-state index in [1.165, 1.54) is 39.5 Å². The second kappa shape index (κ2) is 8.12. The Bertz CT molecular complexity index is 1040. The highest BCUT2D eigenvalue weighted by Crippen LogP contribution is 2.43. The molecule has 0 bridgehead atoms. The number of aliphatic carboxylic acids is 1. The van der Waals surface area contributed by atoms with Crippen LogP contribution in [-0.4, -0.2) is 37.5 Å². The van der Waals surface area contributed by atoms with Crippen molar-refractivity contribution in [1.82, 2.24) is 0 Å². The lowest BCUT2D eigenvalue weighted by atomic mass is 9.90. The molecule has 7 heteroatoms. The summed E-state index contributed by atoms with van der Waals surface area (Å²) in [5, 5.41) is 21.2. The van der Waals surface area contributed by atoms with Crippen LogP contribution in [0.2, 0.25) is 0 Å². The molecule has 1 atom stereocenters. The van der Waals surface area contributed by atoms with Crippen LogP contribution in [0.15, 0.2) is 46.9 Å². The maximum atomic E-state index is 12.2. The van der Waals surface area contributed by atoms with Crippen molar-refractivity contribution in [3.63, 3.8) is 0 Å². The van der Waals surface area contributed by atoms with E-state index in [1.807, 2.05) is 32.0 Å². The monoisotopic (exact) mass is 412 g/mol. The van der Waals surface area contributed by atoms with Crippen molar-refractivity contribution in [1.29, 1.82) is 0 Å². The molecule has 158 valence electrons. The minimum absolute atomic E-state index is 0.00539. The van der Waals surface area contributed by atoms with Gasteiger partial charge in [0.1, 0.15) is 5.76 Å². The molecule has 2 aromatic carbocycles. The van der Waals surface area contributed by atoms with Crippen LogP contribution < -0.4 is 14.2 Å². The van der Waals surface area contributed by atoms with Crippen LogP contribution in [-0.2, 0) is 10.4 Å². The molecule has 0 spiro atoms. The fraction of sp³-hybridized carbons (Fsp3) is 0.261. The highest BCUT2D eigenvalue weighted by atomic mass is 16.5. The van der Waals surface area contributed by atoms with Crippen molar-refractivity contribution < 1.29 is 33.6 Å². The molecule has 0 saturated carbocycles. The lowest BCUT2D eigenvalue weighted by Crippen LogP contribution is -2.36. The van der Waals surface area contributed by atoms with Gasteiger partial charge in [0.2, 0.25) is 11.4 Å². The van der Waals surface area contributed by atoms with Crippen LogP contribution in [0.5, 0.6) is 17.2 Å². The van der Waals surface area contributed by atoms with E-state index < -0.39 is 11.6 Å². The Balaban J connectivity index is 2.17. The van der Waals surface area contributed by atoms with Gasteiger partial charge in [0.15, 0.2) is 17.3 Å². The van der Waals surface area contributed by atoms with Gasteiger partial charge in [-0.1, -0.05) is 17.2 Å². The molecule has 0 saturated heterocycles. The Morgan fingerprint density at radius 1 is 0.900 bits per heavy atom. The van der Waals surface area contributed by atoms with Gasteiger partial charge in [0.25, 0.3) is 0 Å². The van der Waals surface area contributed by atoms with Gasteiger partial charge >= 0.3 is 5.97 Å². The van der Waals surface area contributed by atoms with Gasteiger partial charge in [-0.15, -0.1) is 0 Å². The first-order valence-electron chi connectivity index (χ1n) is 9.19. The molecule has 1 aromatic heterocycles. The molecule has 1 heterocycles.